The highest BCUT2D eigenvalue weighted by molar-refractivity contribution is 9.10. The number of nitrogens with one attached hydrogen (secondary N) is 1. The molecule has 148 valence electrons. The van der Waals surface area contributed by atoms with Crippen LogP contribution in [-0.4, -0.2) is 29.4 Å². The van der Waals surface area contributed by atoms with Crippen LogP contribution in [0.5, 0.6) is 0 Å². The molecule has 0 saturated heterocycles. The summed E-state index contributed by atoms with van der Waals surface area (Å²) in [5.41, 5.74) is 1.64. The zero-order valence-electron chi connectivity index (χ0n) is 16.6. The molecule has 0 fully saturated rings. The van der Waals surface area contributed by atoms with E-state index in [4.69, 9.17) is 4.74 Å². The number of hydrogen-bond donors (Lipinski definition) is 2. The number of carbonyl (C=O) groups excluding carboxylic acids is 1. The molecule has 2 unspecified atom stereocenters. The normalized spacial score (nSPS) is 19.2. The van der Waals surface area contributed by atoms with Crippen molar-refractivity contribution in [3.8, 4) is 0 Å². The standard InChI is InChI=1S/C22H30BrNO3/c1-5-22(16-6-10-18(23)11-7-16,17-8-12-19(25)13-9-17)14-15-24-20(26)27-21(2,3)4/h6-12,19,25H,5,13-15H2,1-4H3,(H,24,26). The monoisotopic (exact) mass is 435 g/mol. The maximum atomic E-state index is 12.0. The molecular formula is C22H30BrNO3. The zero-order valence-corrected chi connectivity index (χ0v) is 18.2. The molecule has 1 aromatic rings. The Kier molecular flexibility index (Phi) is 7.29. The average molecular weight is 436 g/mol. The highest BCUT2D eigenvalue weighted by Crippen LogP contribution is 2.41. The number of aliphatic hydroxyl groups is 1. The van der Waals surface area contributed by atoms with Gasteiger partial charge in [0.2, 0.25) is 0 Å². The third-order valence-corrected chi connectivity index (χ3v) is 5.38. The first kappa shape index (κ1) is 21.7. The Morgan fingerprint density at radius 2 is 1.96 bits per heavy atom. The minimum Gasteiger partial charge on any atom is -0.444 e. The Hall–Kier alpha value is -1.59. The molecule has 0 radical (unpaired) electrons. The molecule has 2 N–H and O–H groups in total. The first-order valence-electron chi connectivity index (χ1n) is 9.46. The van der Waals surface area contributed by atoms with Crippen LogP contribution in [0.25, 0.3) is 0 Å². The van der Waals surface area contributed by atoms with Crippen LogP contribution in [0.2, 0.25) is 0 Å². The molecule has 0 aromatic heterocycles. The van der Waals surface area contributed by atoms with Gasteiger partial charge in [-0.05, 0) is 63.3 Å². The van der Waals surface area contributed by atoms with Gasteiger partial charge in [0.25, 0.3) is 0 Å². The molecule has 4 nitrogen and oxygen atoms in total. The fourth-order valence-electron chi connectivity index (χ4n) is 3.47. The van der Waals surface area contributed by atoms with Gasteiger partial charge in [0.1, 0.15) is 5.60 Å². The smallest absolute Gasteiger partial charge is 0.407 e. The Bertz CT molecular complexity index is 703. The number of carbonyl (C=O) groups is 1. The fraction of sp³-hybridized carbons (Fsp3) is 0.500. The molecule has 1 amide bonds. The van der Waals surface area contributed by atoms with Crippen LogP contribution in [0.1, 0.15) is 52.5 Å². The van der Waals surface area contributed by atoms with Crippen molar-refractivity contribution >= 4 is 22.0 Å². The highest BCUT2D eigenvalue weighted by atomic mass is 79.9. The second kappa shape index (κ2) is 9.07. The van der Waals surface area contributed by atoms with Crippen molar-refractivity contribution in [2.75, 3.05) is 6.54 Å². The van der Waals surface area contributed by atoms with Crippen LogP contribution in [0.3, 0.4) is 0 Å². The van der Waals surface area contributed by atoms with E-state index < -0.39 is 17.8 Å². The van der Waals surface area contributed by atoms with E-state index >= 15 is 0 Å². The molecular weight excluding hydrogens is 406 g/mol. The van der Waals surface area contributed by atoms with Crippen molar-refractivity contribution in [3.05, 3.63) is 58.1 Å². The van der Waals surface area contributed by atoms with E-state index in [1.165, 1.54) is 11.1 Å². The predicted molar refractivity (Wildman–Crippen MR) is 113 cm³/mol. The number of alkyl carbamates (subject to hydrolysis) is 1. The van der Waals surface area contributed by atoms with Crippen molar-refractivity contribution in [1.29, 1.82) is 0 Å². The van der Waals surface area contributed by atoms with Crippen LogP contribution in [0, 0.1) is 0 Å². The fourth-order valence-corrected chi connectivity index (χ4v) is 3.73. The molecule has 0 aliphatic heterocycles. The SMILES string of the molecule is CCC(CCNC(=O)OC(C)(C)C)(C1=CCC(O)C=C1)c1ccc(Br)cc1. The van der Waals surface area contributed by atoms with Gasteiger partial charge in [0.05, 0.1) is 6.10 Å². The van der Waals surface area contributed by atoms with Crippen molar-refractivity contribution < 1.29 is 14.6 Å². The lowest BCUT2D eigenvalue weighted by molar-refractivity contribution is 0.0524. The summed E-state index contributed by atoms with van der Waals surface area (Å²) in [5, 5.41) is 12.7. The number of ether oxygens (including phenoxy) is 1. The van der Waals surface area contributed by atoms with Crippen LogP contribution in [0.15, 0.2) is 52.5 Å². The van der Waals surface area contributed by atoms with Gasteiger partial charge in [-0.3, -0.25) is 0 Å². The lowest BCUT2D eigenvalue weighted by Crippen LogP contribution is -2.37. The Morgan fingerprint density at radius 1 is 1.30 bits per heavy atom. The minimum absolute atomic E-state index is 0.230. The van der Waals surface area contributed by atoms with Crippen LogP contribution in [0.4, 0.5) is 4.79 Å². The molecule has 0 spiro atoms. The quantitative estimate of drug-likeness (QED) is 0.640. The Labute approximate surface area is 170 Å². The molecule has 1 aliphatic carbocycles. The largest absolute Gasteiger partial charge is 0.444 e. The average Bonchev–Trinajstić information content (AvgIpc) is 2.59. The highest BCUT2D eigenvalue weighted by Gasteiger charge is 2.34. The van der Waals surface area contributed by atoms with Gasteiger partial charge < -0.3 is 15.2 Å². The minimum atomic E-state index is -0.511. The number of rotatable bonds is 6. The maximum absolute atomic E-state index is 12.0. The summed E-state index contributed by atoms with van der Waals surface area (Å²) in [6, 6.07) is 8.34. The summed E-state index contributed by atoms with van der Waals surface area (Å²) in [5.74, 6) is 0. The topological polar surface area (TPSA) is 58.6 Å². The van der Waals surface area contributed by atoms with Gasteiger partial charge >= 0.3 is 6.09 Å². The summed E-state index contributed by atoms with van der Waals surface area (Å²) < 4.78 is 6.38. The van der Waals surface area contributed by atoms with Gasteiger partial charge in [-0.15, -0.1) is 0 Å². The van der Waals surface area contributed by atoms with Gasteiger partial charge in [-0.2, -0.15) is 0 Å². The van der Waals surface area contributed by atoms with E-state index in [2.05, 4.69) is 46.4 Å². The summed E-state index contributed by atoms with van der Waals surface area (Å²) in [7, 11) is 0. The van der Waals surface area contributed by atoms with Crippen LogP contribution < -0.4 is 5.32 Å². The Morgan fingerprint density at radius 3 is 2.48 bits per heavy atom. The van der Waals surface area contributed by atoms with E-state index in [1.54, 1.807) is 0 Å². The third kappa shape index (κ3) is 5.94. The van der Waals surface area contributed by atoms with Crippen molar-refractivity contribution in [2.24, 2.45) is 0 Å². The lowest BCUT2D eigenvalue weighted by Gasteiger charge is -2.37. The summed E-state index contributed by atoms with van der Waals surface area (Å²) in [6.45, 7) is 8.23. The Balaban J connectivity index is 2.23. The first-order chi connectivity index (χ1) is 12.7. The molecule has 1 aromatic carbocycles. The number of allylic oxidation sites excluding steroid dienone is 2. The summed E-state index contributed by atoms with van der Waals surface area (Å²) >= 11 is 3.50. The molecule has 1 aliphatic rings. The zero-order chi connectivity index (χ0) is 20.1. The van der Waals surface area contributed by atoms with Crippen LogP contribution >= 0.6 is 15.9 Å². The molecule has 2 rings (SSSR count). The summed E-state index contributed by atoms with van der Waals surface area (Å²) in [6.07, 6.45) is 7.41. The van der Waals surface area contributed by atoms with E-state index in [1.807, 2.05) is 45.1 Å². The molecule has 5 heteroatoms. The van der Waals surface area contributed by atoms with Crippen molar-refractivity contribution in [3.63, 3.8) is 0 Å². The predicted octanol–water partition coefficient (Wildman–Crippen LogP) is 5.26. The number of hydrogen-bond acceptors (Lipinski definition) is 3. The van der Waals surface area contributed by atoms with E-state index in [0.717, 1.165) is 17.3 Å². The second-order valence-electron chi connectivity index (χ2n) is 7.94. The van der Waals surface area contributed by atoms with E-state index in [9.17, 15) is 9.90 Å². The van der Waals surface area contributed by atoms with Gasteiger partial charge in [-0.1, -0.05) is 53.2 Å². The van der Waals surface area contributed by atoms with Crippen molar-refractivity contribution in [2.45, 2.75) is 64.1 Å². The number of aliphatic hydroxyl groups excluding tert-OH is 1. The van der Waals surface area contributed by atoms with Crippen LogP contribution in [-0.2, 0) is 10.2 Å². The number of benzene rings is 1. The third-order valence-electron chi connectivity index (χ3n) is 4.85. The molecule has 27 heavy (non-hydrogen) atoms. The first-order valence-corrected chi connectivity index (χ1v) is 10.3. The summed E-state index contributed by atoms with van der Waals surface area (Å²) in [4.78, 5) is 12.0. The maximum Gasteiger partial charge on any atom is 0.407 e. The number of halogens is 1. The second-order valence-corrected chi connectivity index (χ2v) is 8.86. The van der Waals surface area contributed by atoms with Gasteiger partial charge in [0.15, 0.2) is 0 Å². The van der Waals surface area contributed by atoms with Crippen molar-refractivity contribution in [1.82, 2.24) is 5.32 Å². The molecule has 0 bridgehead atoms. The van der Waals surface area contributed by atoms with E-state index in [0.29, 0.717) is 13.0 Å². The number of amides is 1. The molecule has 0 saturated carbocycles. The van der Waals surface area contributed by atoms with E-state index in [-0.39, 0.29) is 5.41 Å². The molecule has 0 heterocycles. The van der Waals surface area contributed by atoms with Gasteiger partial charge in [0, 0.05) is 16.4 Å². The van der Waals surface area contributed by atoms with Gasteiger partial charge in [-0.25, -0.2) is 4.79 Å². The lowest BCUT2D eigenvalue weighted by atomic mass is 9.68. The molecule has 2 atom stereocenters.